The van der Waals surface area contributed by atoms with Crippen molar-refractivity contribution < 1.29 is 24.1 Å². The molecule has 1 aliphatic carbocycles. The number of rotatable bonds is 14. The highest BCUT2D eigenvalue weighted by Gasteiger charge is 2.23. The Morgan fingerprint density at radius 1 is 0.744 bits per heavy atom. The van der Waals surface area contributed by atoms with Crippen molar-refractivity contribution >= 4 is 18.1 Å². The van der Waals surface area contributed by atoms with Crippen LogP contribution in [-0.4, -0.2) is 37.0 Å². The van der Waals surface area contributed by atoms with Crippen molar-refractivity contribution in [1.29, 1.82) is 0 Å². The largest absolute Gasteiger partial charge is 0.491 e. The van der Waals surface area contributed by atoms with E-state index in [1.165, 1.54) is 27.8 Å². The number of carboxylic acid groups (broad SMARTS) is 1. The van der Waals surface area contributed by atoms with Crippen LogP contribution in [0.2, 0.25) is 0 Å². The Bertz CT molecular complexity index is 1520. The molecule has 1 N–H and O–H groups in total. The minimum absolute atomic E-state index is 0.202. The fraction of sp³-hybridized carbons (Fsp3) is 0.289. The first-order chi connectivity index (χ1) is 21.0. The van der Waals surface area contributed by atoms with Gasteiger partial charge in [-0.2, -0.15) is 0 Å². The molecule has 0 bridgehead atoms. The van der Waals surface area contributed by atoms with Crippen LogP contribution in [0.25, 0.3) is 12.2 Å². The molecule has 0 spiro atoms. The Morgan fingerprint density at radius 3 is 2.02 bits per heavy atom. The van der Waals surface area contributed by atoms with Crippen LogP contribution in [0.15, 0.2) is 91.0 Å². The van der Waals surface area contributed by atoms with Crippen LogP contribution in [0.5, 0.6) is 5.75 Å². The van der Waals surface area contributed by atoms with E-state index in [0.29, 0.717) is 26.2 Å². The molecule has 0 fully saturated rings. The quantitative estimate of drug-likeness (QED) is 0.156. The summed E-state index contributed by atoms with van der Waals surface area (Å²) in [7, 11) is 0. The number of aryl methyl sites for hydroxylation is 3. The molecule has 2 unspecified atom stereocenters. The molecule has 0 saturated carbocycles. The fourth-order valence-electron chi connectivity index (χ4n) is 5.53. The first kappa shape index (κ1) is 30.3. The number of hydrogen-bond acceptors (Lipinski definition) is 4. The SMILES string of the molecule is CCOC(Cc1ccc(OCCOC2c3ccc(CC)cc3C=Cc3cc(CCc4ccccc4)ccc32)cc1)C(=O)O. The van der Waals surface area contributed by atoms with Gasteiger partial charge in [-0.05, 0) is 82.8 Å². The lowest BCUT2D eigenvalue weighted by atomic mass is 9.93. The zero-order valence-electron chi connectivity index (χ0n) is 25.0. The molecule has 5 rings (SSSR count). The Morgan fingerprint density at radius 2 is 1.37 bits per heavy atom. The second-order valence-corrected chi connectivity index (χ2v) is 10.8. The maximum atomic E-state index is 11.4. The Kier molecular flexibility index (Phi) is 10.4. The molecule has 4 aromatic rings. The van der Waals surface area contributed by atoms with Crippen LogP contribution in [0, 0.1) is 0 Å². The highest BCUT2D eigenvalue weighted by molar-refractivity contribution is 5.77. The average Bonchev–Trinajstić information content (AvgIpc) is 3.19. The first-order valence-corrected chi connectivity index (χ1v) is 15.2. The molecule has 0 aliphatic heterocycles. The summed E-state index contributed by atoms with van der Waals surface area (Å²) >= 11 is 0. The molecular weight excluding hydrogens is 536 g/mol. The normalized spacial score (nSPS) is 14.4. The van der Waals surface area contributed by atoms with Gasteiger partial charge in [0, 0.05) is 13.0 Å². The van der Waals surface area contributed by atoms with Gasteiger partial charge in [-0.1, -0.05) is 97.9 Å². The van der Waals surface area contributed by atoms with Crippen molar-refractivity contribution in [1.82, 2.24) is 0 Å². The van der Waals surface area contributed by atoms with E-state index < -0.39 is 12.1 Å². The van der Waals surface area contributed by atoms with E-state index in [-0.39, 0.29) is 6.10 Å². The van der Waals surface area contributed by atoms with E-state index >= 15 is 0 Å². The third kappa shape index (κ3) is 8.01. The summed E-state index contributed by atoms with van der Waals surface area (Å²) in [6.45, 7) is 5.15. The molecular formula is C38H40O5. The maximum absolute atomic E-state index is 11.4. The third-order valence-electron chi connectivity index (χ3n) is 7.89. The molecule has 0 amide bonds. The van der Waals surface area contributed by atoms with E-state index in [0.717, 1.165) is 41.7 Å². The maximum Gasteiger partial charge on any atom is 0.333 e. The predicted molar refractivity (Wildman–Crippen MR) is 172 cm³/mol. The number of benzene rings is 4. The average molecular weight is 577 g/mol. The van der Waals surface area contributed by atoms with Gasteiger partial charge in [0.25, 0.3) is 0 Å². The summed E-state index contributed by atoms with van der Waals surface area (Å²) in [4.78, 5) is 11.4. The van der Waals surface area contributed by atoms with Crippen LogP contribution in [0.3, 0.4) is 0 Å². The lowest BCUT2D eigenvalue weighted by Gasteiger charge is -2.22. The van der Waals surface area contributed by atoms with Crippen molar-refractivity contribution in [2.45, 2.75) is 51.7 Å². The van der Waals surface area contributed by atoms with Gasteiger partial charge in [-0.3, -0.25) is 0 Å². The van der Waals surface area contributed by atoms with E-state index in [2.05, 4.69) is 85.8 Å². The highest BCUT2D eigenvalue weighted by Crippen LogP contribution is 2.36. The van der Waals surface area contributed by atoms with Gasteiger partial charge in [0.15, 0.2) is 6.10 Å². The van der Waals surface area contributed by atoms with E-state index in [4.69, 9.17) is 14.2 Å². The summed E-state index contributed by atoms with van der Waals surface area (Å²) in [6, 6.07) is 31.5. The van der Waals surface area contributed by atoms with Crippen LogP contribution in [-0.2, 0) is 40.0 Å². The number of fused-ring (bicyclic) bond motifs is 2. The van der Waals surface area contributed by atoms with Crippen molar-refractivity contribution in [3.8, 4) is 5.75 Å². The summed E-state index contributed by atoms with van der Waals surface area (Å²) in [6.07, 6.45) is 6.68. The minimum atomic E-state index is -0.953. The molecule has 0 aromatic heterocycles. The van der Waals surface area contributed by atoms with Gasteiger partial charge < -0.3 is 19.3 Å². The summed E-state index contributed by atoms with van der Waals surface area (Å²) < 4.78 is 17.9. The minimum Gasteiger partial charge on any atom is -0.491 e. The molecule has 5 heteroatoms. The molecule has 2 atom stereocenters. The van der Waals surface area contributed by atoms with Crippen molar-refractivity contribution in [3.63, 3.8) is 0 Å². The molecule has 4 aromatic carbocycles. The molecule has 0 heterocycles. The highest BCUT2D eigenvalue weighted by atomic mass is 16.5. The molecule has 43 heavy (non-hydrogen) atoms. The molecule has 0 radical (unpaired) electrons. The molecule has 222 valence electrons. The van der Waals surface area contributed by atoms with Crippen molar-refractivity contribution in [3.05, 3.63) is 136 Å². The standard InChI is InChI=1S/C38H40O5/c1-3-27-14-20-34-31(24-27)16-17-32-25-29(11-10-28-8-6-5-7-9-28)15-21-35(32)37(34)43-23-22-42-33-18-12-30(13-19-33)26-36(38(39)40)41-4-2/h5-9,12-21,24-25,36-37H,3-4,10-11,22-23,26H2,1-2H3,(H,39,40). The van der Waals surface area contributed by atoms with Crippen LogP contribution < -0.4 is 4.74 Å². The zero-order chi connectivity index (χ0) is 30.0. The van der Waals surface area contributed by atoms with Gasteiger partial charge in [0.1, 0.15) is 18.5 Å². The smallest absolute Gasteiger partial charge is 0.333 e. The lowest BCUT2D eigenvalue weighted by molar-refractivity contribution is -0.149. The van der Waals surface area contributed by atoms with Gasteiger partial charge in [0.2, 0.25) is 0 Å². The van der Waals surface area contributed by atoms with Gasteiger partial charge in [-0.15, -0.1) is 0 Å². The van der Waals surface area contributed by atoms with E-state index in [9.17, 15) is 9.90 Å². The number of ether oxygens (including phenoxy) is 3. The summed E-state index contributed by atoms with van der Waals surface area (Å²) in [5.41, 5.74) is 9.55. The summed E-state index contributed by atoms with van der Waals surface area (Å²) in [5, 5.41) is 9.35. The lowest BCUT2D eigenvalue weighted by Crippen LogP contribution is -2.26. The fourth-order valence-corrected chi connectivity index (χ4v) is 5.53. The Balaban J connectivity index is 1.26. The van der Waals surface area contributed by atoms with Gasteiger partial charge >= 0.3 is 5.97 Å². The number of hydrogen-bond donors (Lipinski definition) is 1. The molecule has 1 aliphatic rings. The Hall–Kier alpha value is -4.19. The topological polar surface area (TPSA) is 65.0 Å². The first-order valence-electron chi connectivity index (χ1n) is 15.2. The van der Waals surface area contributed by atoms with Crippen LogP contribution in [0.1, 0.15) is 64.5 Å². The van der Waals surface area contributed by atoms with E-state index in [1.807, 2.05) is 24.3 Å². The predicted octanol–water partition coefficient (Wildman–Crippen LogP) is 7.74. The zero-order valence-corrected chi connectivity index (χ0v) is 25.0. The number of aliphatic carboxylic acids is 1. The number of carboxylic acids is 1. The van der Waals surface area contributed by atoms with Crippen LogP contribution in [0.4, 0.5) is 0 Å². The van der Waals surface area contributed by atoms with Crippen LogP contribution >= 0.6 is 0 Å². The van der Waals surface area contributed by atoms with Gasteiger partial charge in [-0.25, -0.2) is 4.79 Å². The second kappa shape index (κ2) is 14.8. The van der Waals surface area contributed by atoms with Crippen molar-refractivity contribution in [2.75, 3.05) is 19.8 Å². The third-order valence-corrected chi connectivity index (χ3v) is 7.89. The second-order valence-electron chi connectivity index (χ2n) is 10.8. The summed E-state index contributed by atoms with van der Waals surface area (Å²) in [5.74, 6) is -0.236. The molecule has 0 saturated heterocycles. The molecule has 5 nitrogen and oxygen atoms in total. The Labute approximate surface area is 254 Å². The van der Waals surface area contributed by atoms with E-state index in [1.54, 1.807) is 6.92 Å². The van der Waals surface area contributed by atoms with Gasteiger partial charge in [0.05, 0.1) is 6.61 Å². The van der Waals surface area contributed by atoms with Crippen molar-refractivity contribution in [2.24, 2.45) is 0 Å². The monoisotopic (exact) mass is 576 g/mol. The number of carbonyl (C=O) groups is 1.